The van der Waals surface area contributed by atoms with Gasteiger partial charge in [-0.1, -0.05) is 57.5 Å². The lowest BCUT2D eigenvalue weighted by Gasteiger charge is -2.20. The summed E-state index contributed by atoms with van der Waals surface area (Å²) in [7, 11) is -3.77. The fourth-order valence-corrected chi connectivity index (χ4v) is 5.03. The number of nitrogens with one attached hydrogen (secondary N) is 1. The minimum absolute atomic E-state index is 0.0561. The molecule has 2 aromatic carbocycles. The molecule has 0 saturated heterocycles. The molecular formula is C21H27ClN2O3S. The number of carbonyl (C=O) groups is 1. The van der Waals surface area contributed by atoms with Crippen LogP contribution in [0.25, 0.3) is 0 Å². The van der Waals surface area contributed by atoms with Gasteiger partial charge in [-0.2, -0.15) is 4.31 Å². The van der Waals surface area contributed by atoms with E-state index in [1.807, 2.05) is 25.1 Å². The number of sulfonamides is 1. The van der Waals surface area contributed by atoms with Gasteiger partial charge in [0.1, 0.15) is 4.90 Å². The van der Waals surface area contributed by atoms with Crippen molar-refractivity contribution in [3.05, 3.63) is 58.1 Å². The molecule has 1 N–H and O–H groups in total. The predicted molar refractivity (Wildman–Crippen MR) is 115 cm³/mol. The molecule has 28 heavy (non-hydrogen) atoms. The molecule has 2 rings (SSSR count). The van der Waals surface area contributed by atoms with Crippen LogP contribution in [0.15, 0.2) is 41.3 Å². The summed E-state index contributed by atoms with van der Waals surface area (Å²) in [6.45, 7) is 10.2. The van der Waals surface area contributed by atoms with Crippen LogP contribution in [0.1, 0.15) is 55.1 Å². The first-order chi connectivity index (χ1) is 13.1. The van der Waals surface area contributed by atoms with Crippen molar-refractivity contribution in [2.45, 2.75) is 45.4 Å². The molecule has 0 aliphatic rings. The Morgan fingerprint density at radius 1 is 1.14 bits per heavy atom. The van der Waals surface area contributed by atoms with E-state index in [0.29, 0.717) is 13.1 Å². The summed E-state index contributed by atoms with van der Waals surface area (Å²) in [6, 6.07) is 10.2. The van der Waals surface area contributed by atoms with Gasteiger partial charge in [0.25, 0.3) is 5.91 Å². The van der Waals surface area contributed by atoms with Crippen molar-refractivity contribution in [1.29, 1.82) is 0 Å². The zero-order chi connectivity index (χ0) is 21.1. The quantitative estimate of drug-likeness (QED) is 0.678. The van der Waals surface area contributed by atoms with Crippen LogP contribution >= 0.6 is 11.6 Å². The highest BCUT2D eigenvalue weighted by atomic mass is 35.5. The fourth-order valence-electron chi connectivity index (χ4n) is 3.07. The molecule has 0 spiro atoms. The molecule has 152 valence electrons. The third-order valence-corrected chi connectivity index (χ3v) is 7.21. The highest BCUT2D eigenvalue weighted by Gasteiger charge is 2.26. The Bertz CT molecular complexity index is 968. The molecule has 0 aliphatic carbocycles. The highest BCUT2D eigenvalue weighted by Crippen LogP contribution is 2.29. The summed E-state index contributed by atoms with van der Waals surface area (Å²) < 4.78 is 27.0. The van der Waals surface area contributed by atoms with Crippen molar-refractivity contribution in [2.24, 2.45) is 0 Å². The van der Waals surface area contributed by atoms with Crippen LogP contribution in [0.5, 0.6) is 0 Å². The van der Waals surface area contributed by atoms with E-state index < -0.39 is 10.0 Å². The first-order valence-corrected chi connectivity index (χ1v) is 11.2. The van der Waals surface area contributed by atoms with Crippen LogP contribution in [0, 0.1) is 6.92 Å². The number of nitrogens with zero attached hydrogens (tertiary/aromatic N) is 1. The first-order valence-electron chi connectivity index (χ1n) is 9.34. The van der Waals surface area contributed by atoms with Gasteiger partial charge in [-0.15, -0.1) is 0 Å². The molecule has 0 heterocycles. The lowest BCUT2D eigenvalue weighted by Crippen LogP contribution is -2.31. The van der Waals surface area contributed by atoms with Gasteiger partial charge in [0.05, 0.1) is 5.02 Å². The topological polar surface area (TPSA) is 66.5 Å². The summed E-state index contributed by atoms with van der Waals surface area (Å²) in [6.07, 6.45) is 0. The Morgan fingerprint density at radius 2 is 1.79 bits per heavy atom. The number of halogens is 1. The zero-order valence-electron chi connectivity index (χ0n) is 16.9. The molecule has 0 radical (unpaired) electrons. The molecule has 5 nitrogen and oxygen atoms in total. The molecule has 7 heteroatoms. The zero-order valence-corrected chi connectivity index (χ0v) is 18.5. The average Bonchev–Trinajstić information content (AvgIpc) is 2.64. The van der Waals surface area contributed by atoms with Crippen molar-refractivity contribution in [3.63, 3.8) is 0 Å². The van der Waals surface area contributed by atoms with E-state index in [-0.39, 0.29) is 27.3 Å². The molecule has 0 fully saturated rings. The Labute approximate surface area is 172 Å². The van der Waals surface area contributed by atoms with E-state index >= 15 is 0 Å². The molecule has 0 atom stereocenters. The number of amides is 1. The molecule has 0 bridgehead atoms. The molecule has 2 aromatic rings. The van der Waals surface area contributed by atoms with Gasteiger partial charge in [-0.3, -0.25) is 4.79 Å². The van der Waals surface area contributed by atoms with Gasteiger partial charge in [0.2, 0.25) is 10.0 Å². The molecule has 0 aromatic heterocycles. The SMILES string of the molecule is CCN(CC)S(=O)(=O)c1cc(C(=O)Nc2c(C)cccc2C(C)C)ccc1Cl. The summed E-state index contributed by atoms with van der Waals surface area (Å²) in [5.74, 6) is -0.136. The van der Waals surface area contributed by atoms with Gasteiger partial charge in [-0.05, 0) is 42.2 Å². The average molecular weight is 423 g/mol. The lowest BCUT2D eigenvalue weighted by molar-refractivity contribution is 0.102. The van der Waals surface area contributed by atoms with E-state index in [1.54, 1.807) is 13.8 Å². The number of rotatable bonds is 7. The van der Waals surface area contributed by atoms with Crippen LogP contribution < -0.4 is 5.32 Å². The summed E-state index contributed by atoms with van der Waals surface area (Å²) in [4.78, 5) is 12.8. The first kappa shape index (κ1) is 22.4. The summed E-state index contributed by atoms with van der Waals surface area (Å²) in [5, 5.41) is 3.04. The van der Waals surface area contributed by atoms with Crippen LogP contribution in [0.4, 0.5) is 5.69 Å². The minimum Gasteiger partial charge on any atom is -0.321 e. The molecular weight excluding hydrogens is 396 g/mol. The van der Waals surface area contributed by atoms with Crippen molar-refractivity contribution >= 4 is 33.2 Å². The number of hydrogen-bond acceptors (Lipinski definition) is 3. The van der Waals surface area contributed by atoms with Gasteiger partial charge >= 0.3 is 0 Å². The van der Waals surface area contributed by atoms with Crippen LogP contribution in [0.3, 0.4) is 0 Å². The summed E-state index contributed by atoms with van der Waals surface area (Å²) >= 11 is 6.16. The Balaban J connectivity index is 2.45. The Hall–Kier alpha value is -1.89. The number of carbonyl (C=O) groups excluding carboxylic acids is 1. The van der Waals surface area contributed by atoms with E-state index in [9.17, 15) is 13.2 Å². The number of hydrogen-bond donors (Lipinski definition) is 1. The largest absolute Gasteiger partial charge is 0.321 e. The van der Waals surface area contributed by atoms with Gasteiger partial charge in [0.15, 0.2) is 0 Å². The number of anilines is 1. The maximum Gasteiger partial charge on any atom is 0.255 e. The van der Waals surface area contributed by atoms with E-state index in [2.05, 4.69) is 19.2 Å². The number of aryl methyl sites for hydroxylation is 1. The minimum atomic E-state index is -3.77. The second-order valence-electron chi connectivity index (χ2n) is 6.88. The van der Waals surface area contributed by atoms with Gasteiger partial charge < -0.3 is 5.32 Å². The van der Waals surface area contributed by atoms with Crippen molar-refractivity contribution in [2.75, 3.05) is 18.4 Å². The maximum atomic E-state index is 12.9. The third kappa shape index (κ3) is 4.57. The van der Waals surface area contributed by atoms with Crippen molar-refractivity contribution in [3.8, 4) is 0 Å². The van der Waals surface area contributed by atoms with Gasteiger partial charge in [-0.25, -0.2) is 8.42 Å². The monoisotopic (exact) mass is 422 g/mol. The molecule has 1 amide bonds. The lowest BCUT2D eigenvalue weighted by atomic mass is 9.98. The Kier molecular flexibility index (Phi) is 7.26. The third-order valence-electron chi connectivity index (χ3n) is 4.68. The normalized spacial score (nSPS) is 11.9. The van der Waals surface area contributed by atoms with E-state index in [4.69, 9.17) is 11.6 Å². The van der Waals surface area contributed by atoms with Crippen LogP contribution in [0.2, 0.25) is 5.02 Å². The van der Waals surface area contributed by atoms with E-state index in [0.717, 1.165) is 16.8 Å². The number of benzene rings is 2. The number of para-hydroxylation sites is 1. The van der Waals surface area contributed by atoms with Gasteiger partial charge in [0, 0.05) is 24.3 Å². The van der Waals surface area contributed by atoms with Crippen molar-refractivity contribution < 1.29 is 13.2 Å². The highest BCUT2D eigenvalue weighted by molar-refractivity contribution is 7.89. The van der Waals surface area contributed by atoms with Crippen molar-refractivity contribution in [1.82, 2.24) is 4.31 Å². The smallest absolute Gasteiger partial charge is 0.255 e. The Morgan fingerprint density at radius 3 is 2.36 bits per heavy atom. The molecule has 0 aliphatic heterocycles. The fraction of sp³-hybridized carbons (Fsp3) is 0.381. The maximum absolute atomic E-state index is 12.9. The van der Waals surface area contributed by atoms with E-state index in [1.165, 1.54) is 22.5 Å². The molecule has 0 unspecified atom stereocenters. The summed E-state index contributed by atoms with van der Waals surface area (Å²) in [5.41, 5.74) is 2.97. The molecule has 0 saturated carbocycles. The van der Waals surface area contributed by atoms with Crippen LogP contribution in [-0.2, 0) is 10.0 Å². The standard InChI is InChI=1S/C21H27ClN2O3S/c1-6-24(7-2)28(26,27)19-13-16(11-12-18(19)22)21(25)23-20-15(5)9-8-10-17(20)14(3)4/h8-14H,6-7H2,1-5H3,(H,23,25). The van der Waals surface area contributed by atoms with Crippen LogP contribution in [-0.4, -0.2) is 31.7 Å². The predicted octanol–water partition coefficient (Wildman–Crippen LogP) is 5.05. The second kappa shape index (κ2) is 9.07. The second-order valence-corrected chi connectivity index (χ2v) is 9.20.